The molecule has 1 heterocycles. The Morgan fingerprint density at radius 2 is 1.96 bits per heavy atom. The normalized spacial score (nSPS) is 12.9. The molecule has 25 heavy (non-hydrogen) atoms. The van der Waals surface area contributed by atoms with Crippen LogP contribution in [-0.4, -0.2) is 30.8 Å². The third-order valence-electron chi connectivity index (χ3n) is 3.56. The second-order valence-corrected chi connectivity index (χ2v) is 8.69. The molecule has 0 aliphatic heterocycles. The number of carbonyl (C=O) groups is 1. The molecule has 2 aromatic rings. The van der Waals surface area contributed by atoms with Gasteiger partial charge in [-0.1, -0.05) is 26.0 Å². The highest BCUT2D eigenvalue weighted by Gasteiger charge is 2.21. The van der Waals surface area contributed by atoms with Gasteiger partial charge in [0.05, 0.1) is 22.5 Å². The molecule has 0 aliphatic rings. The predicted molar refractivity (Wildman–Crippen MR) is 101 cm³/mol. The summed E-state index contributed by atoms with van der Waals surface area (Å²) in [4.78, 5) is 12.5. The van der Waals surface area contributed by atoms with Crippen molar-refractivity contribution in [3.63, 3.8) is 0 Å². The Morgan fingerprint density at radius 3 is 2.52 bits per heavy atom. The van der Waals surface area contributed by atoms with E-state index in [0.29, 0.717) is 15.9 Å². The van der Waals surface area contributed by atoms with E-state index in [1.165, 1.54) is 0 Å². The summed E-state index contributed by atoms with van der Waals surface area (Å²) < 4.78 is 25.8. The predicted octanol–water partition coefficient (Wildman–Crippen LogP) is 3.16. The number of hydrogen-bond acceptors (Lipinski definition) is 4. The zero-order chi connectivity index (χ0) is 18.8. The van der Waals surface area contributed by atoms with Crippen molar-refractivity contribution >= 4 is 37.5 Å². The Labute approximate surface area is 155 Å². The van der Waals surface area contributed by atoms with Crippen molar-refractivity contribution in [1.82, 2.24) is 15.5 Å². The Morgan fingerprint density at radius 1 is 1.28 bits per heavy atom. The molecule has 7 nitrogen and oxygen atoms in total. The highest BCUT2D eigenvalue weighted by molar-refractivity contribution is 9.10. The third kappa shape index (κ3) is 5.05. The SMILES string of the molecule is CC(C)c1[nH]nc(C(=O)NC(C)c2cccc(NS(C)(=O)=O)c2)c1Br. The molecule has 0 fully saturated rings. The fourth-order valence-electron chi connectivity index (χ4n) is 2.31. The van der Waals surface area contributed by atoms with Gasteiger partial charge in [-0.05, 0) is 46.5 Å². The van der Waals surface area contributed by atoms with Crippen molar-refractivity contribution in [1.29, 1.82) is 0 Å². The summed E-state index contributed by atoms with van der Waals surface area (Å²) in [6.07, 6.45) is 1.09. The Balaban J connectivity index is 2.15. The van der Waals surface area contributed by atoms with Crippen LogP contribution in [0.2, 0.25) is 0 Å². The number of anilines is 1. The van der Waals surface area contributed by atoms with Gasteiger partial charge < -0.3 is 5.32 Å². The highest BCUT2D eigenvalue weighted by Crippen LogP contribution is 2.26. The van der Waals surface area contributed by atoms with E-state index in [-0.39, 0.29) is 17.9 Å². The number of benzene rings is 1. The summed E-state index contributed by atoms with van der Waals surface area (Å²) >= 11 is 3.41. The number of hydrogen-bond donors (Lipinski definition) is 3. The lowest BCUT2D eigenvalue weighted by Gasteiger charge is -2.15. The maximum Gasteiger partial charge on any atom is 0.273 e. The first-order chi connectivity index (χ1) is 11.6. The first kappa shape index (κ1) is 19.5. The maximum absolute atomic E-state index is 12.5. The van der Waals surface area contributed by atoms with E-state index in [1.54, 1.807) is 18.2 Å². The lowest BCUT2D eigenvalue weighted by molar-refractivity contribution is 0.0934. The number of carbonyl (C=O) groups excluding carboxylic acids is 1. The van der Waals surface area contributed by atoms with Crippen molar-refractivity contribution in [3.05, 3.63) is 45.7 Å². The lowest BCUT2D eigenvalue weighted by atomic mass is 10.1. The average molecular weight is 429 g/mol. The summed E-state index contributed by atoms with van der Waals surface area (Å²) in [7, 11) is -3.35. The highest BCUT2D eigenvalue weighted by atomic mass is 79.9. The van der Waals surface area contributed by atoms with Crippen LogP contribution in [0.3, 0.4) is 0 Å². The second-order valence-electron chi connectivity index (χ2n) is 6.15. The molecule has 0 saturated heterocycles. The number of aromatic amines is 1. The fraction of sp³-hybridized carbons (Fsp3) is 0.375. The number of nitrogens with one attached hydrogen (secondary N) is 3. The molecular weight excluding hydrogens is 408 g/mol. The van der Waals surface area contributed by atoms with Crippen LogP contribution >= 0.6 is 15.9 Å². The van der Waals surface area contributed by atoms with Crippen LogP contribution in [0.25, 0.3) is 0 Å². The van der Waals surface area contributed by atoms with Gasteiger partial charge in [0.2, 0.25) is 10.0 Å². The van der Waals surface area contributed by atoms with Crippen molar-refractivity contribution in [2.75, 3.05) is 11.0 Å². The lowest BCUT2D eigenvalue weighted by Crippen LogP contribution is -2.27. The van der Waals surface area contributed by atoms with Crippen LogP contribution < -0.4 is 10.0 Å². The number of amides is 1. The maximum atomic E-state index is 12.5. The van der Waals surface area contributed by atoms with Crippen molar-refractivity contribution in [3.8, 4) is 0 Å². The molecule has 0 spiro atoms. The van der Waals surface area contributed by atoms with Crippen molar-refractivity contribution in [2.24, 2.45) is 0 Å². The minimum Gasteiger partial charge on any atom is -0.344 e. The van der Waals surface area contributed by atoms with Gasteiger partial charge in [0, 0.05) is 5.69 Å². The molecule has 2 rings (SSSR count). The van der Waals surface area contributed by atoms with E-state index >= 15 is 0 Å². The first-order valence-electron chi connectivity index (χ1n) is 7.71. The number of H-pyrrole nitrogens is 1. The molecule has 1 unspecified atom stereocenters. The van der Waals surface area contributed by atoms with Crippen LogP contribution in [-0.2, 0) is 10.0 Å². The molecular formula is C16H21BrN4O3S. The number of sulfonamides is 1. The summed E-state index contributed by atoms with van der Waals surface area (Å²) in [5, 5.41) is 9.81. The Bertz CT molecular complexity index is 877. The molecule has 1 atom stereocenters. The molecule has 3 N–H and O–H groups in total. The van der Waals surface area contributed by atoms with Crippen LogP contribution in [0.5, 0.6) is 0 Å². The van der Waals surface area contributed by atoms with Gasteiger partial charge in [-0.3, -0.25) is 14.6 Å². The summed E-state index contributed by atoms with van der Waals surface area (Å²) in [6.45, 7) is 5.83. The molecule has 0 radical (unpaired) electrons. The molecule has 1 amide bonds. The molecule has 9 heteroatoms. The van der Waals surface area contributed by atoms with Crippen LogP contribution in [0.15, 0.2) is 28.7 Å². The van der Waals surface area contributed by atoms with Gasteiger partial charge in [0.1, 0.15) is 0 Å². The largest absolute Gasteiger partial charge is 0.344 e. The van der Waals surface area contributed by atoms with Gasteiger partial charge in [0.15, 0.2) is 5.69 Å². The molecule has 0 aliphatic carbocycles. The molecule has 136 valence electrons. The van der Waals surface area contributed by atoms with Crippen LogP contribution in [0.1, 0.15) is 54.5 Å². The second kappa shape index (κ2) is 7.57. The van der Waals surface area contributed by atoms with E-state index in [2.05, 4.69) is 36.2 Å². The fourth-order valence-corrected chi connectivity index (χ4v) is 3.68. The van der Waals surface area contributed by atoms with E-state index in [4.69, 9.17) is 0 Å². The van der Waals surface area contributed by atoms with Gasteiger partial charge >= 0.3 is 0 Å². The van der Waals surface area contributed by atoms with E-state index < -0.39 is 10.0 Å². The van der Waals surface area contributed by atoms with E-state index in [1.807, 2.05) is 26.8 Å². The van der Waals surface area contributed by atoms with E-state index in [0.717, 1.165) is 17.5 Å². The molecule has 1 aromatic carbocycles. The Kier molecular flexibility index (Phi) is 5.89. The van der Waals surface area contributed by atoms with Crippen molar-refractivity contribution < 1.29 is 13.2 Å². The van der Waals surface area contributed by atoms with Crippen LogP contribution in [0.4, 0.5) is 5.69 Å². The zero-order valence-corrected chi connectivity index (χ0v) is 16.8. The molecule has 0 saturated carbocycles. The molecule has 0 bridgehead atoms. The summed E-state index contributed by atoms with van der Waals surface area (Å²) in [5.74, 6) is -0.108. The van der Waals surface area contributed by atoms with E-state index in [9.17, 15) is 13.2 Å². The number of rotatable bonds is 6. The third-order valence-corrected chi connectivity index (χ3v) is 4.97. The van der Waals surface area contributed by atoms with Gasteiger partial charge in [0.25, 0.3) is 5.91 Å². The number of aromatic nitrogens is 2. The Hall–Kier alpha value is -1.87. The van der Waals surface area contributed by atoms with Gasteiger partial charge in [-0.15, -0.1) is 0 Å². The summed E-state index contributed by atoms with van der Waals surface area (Å²) in [5.41, 5.74) is 2.38. The smallest absolute Gasteiger partial charge is 0.273 e. The minimum atomic E-state index is -3.35. The first-order valence-corrected chi connectivity index (χ1v) is 10.4. The monoisotopic (exact) mass is 428 g/mol. The average Bonchev–Trinajstić information content (AvgIpc) is 2.87. The van der Waals surface area contributed by atoms with Crippen molar-refractivity contribution in [2.45, 2.75) is 32.7 Å². The van der Waals surface area contributed by atoms with Gasteiger partial charge in [-0.2, -0.15) is 5.10 Å². The topological polar surface area (TPSA) is 104 Å². The standard InChI is InChI=1S/C16H21BrN4O3S/c1-9(2)14-13(17)15(20-19-14)16(22)18-10(3)11-6-5-7-12(8-11)21-25(4,23)24/h5-10,21H,1-4H3,(H,18,22)(H,19,20). The minimum absolute atomic E-state index is 0.208. The summed E-state index contributed by atoms with van der Waals surface area (Å²) in [6, 6.07) is 6.56. The van der Waals surface area contributed by atoms with Gasteiger partial charge in [-0.25, -0.2) is 8.42 Å². The zero-order valence-electron chi connectivity index (χ0n) is 14.4. The molecule has 1 aromatic heterocycles. The quantitative estimate of drug-likeness (QED) is 0.656. The van der Waals surface area contributed by atoms with Crippen LogP contribution in [0, 0.1) is 0 Å². The number of nitrogens with zero attached hydrogens (tertiary/aromatic N) is 1. The number of halogens is 1.